The molecular formula is C11H22N2O. The Balaban J connectivity index is 1.96. The van der Waals surface area contributed by atoms with E-state index in [-0.39, 0.29) is 5.91 Å². The molecule has 1 saturated heterocycles. The Bertz CT molecular complexity index is 165. The van der Waals surface area contributed by atoms with Crippen molar-refractivity contribution in [3.8, 4) is 0 Å². The summed E-state index contributed by atoms with van der Waals surface area (Å²) in [4.78, 5) is 11.3. The minimum atomic E-state index is 0.215. The van der Waals surface area contributed by atoms with Crippen LogP contribution in [0, 0.1) is 0 Å². The van der Waals surface area contributed by atoms with Crippen LogP contribution in [0.2, 0.25) is 0 Å². The van der Waals surface area contributed by atoms with Crippen molar-refractivity contribution in [2.24, 2.45) is 0 Å². The van der Waals surface area contributed by atoms with Crippen LogP contribution in [0.15, 0.2) is 0 Å². The molecule has 1 aliphatic rings. The zero-order valence-electron chi connectivity index (χ0n) is 9.14. The molecule has 1 fully saturated rings. The van der Waals surface area contributed by atoms with E-state index in [1.807, 2.05) is 0 Å². The van der Waals surface area contributed by atoms with Crippen molar-refractivity contribution < 1.29 is 4.79 Å². The zero-order chi connectivity index (χ0) is 10.2. The van der Waals surface area contributed by atoms with Gasteiger partial charge in [0.15, 0.2) is 0 Å². The lowest BCUT2D eigenvalue weighted by molar-refractivity contribution is -0.121. The molecule has 1 rings (SSSR count). The van der Waals surface area contributed by atoms with Crippen LogP contribution in [0.3, 0.4) is 0 Å². The molecule has 0 bridgehead atoms. The van der Waals surface area contributed by atoms with Crippen LogP contribution in [-0.2, 0) is 4.79 Å². The molecule has 0 aliphatic carbocycles. The molecule has 3 nitrogen and oxygen atoms in total. The maximum atomic E-state index is 11.3. The first-order valence-electron chi connectivity index (χ1n) is 5.83. The molecule has 1 atom stereocenters. The Morgan fingerprint density at radius 1 is 1.50 bits per heavy atom. The molecule has 14 heavy (non-hydrogen) atoms. The molecule has 2 N–H and O–H groups in total. The van der Waals surface area contributed by atoms with Gasteiger partial charge in [-0.25, -0.2) is 0 Å². The van der Waals surface area contributed by atoms with E-state index in [0.717, 1.165) is 25.9 Å². The lowest BCUT2D eigenvalue weighted by atomic mass is 10.2. The predicted octanol–water partition coefficient (Wildman–Crippen LogP) is 1.43. The van der Waals surface area contributed by atoms with Crippen LogP contribution >= 0.6 is 0 Å². The Hall–Kier alpha value is -0.570. The Labute approximate surface area is 86.6 Å². The quantitative estimate of drug-likeness (QED) is 0.634. The molecule has 1 heterocycles. The standard InChI is InChI=1S/C11H22N2O/c1-2-3-4-7-11(14)13-9-10-6-5-8-12-10/h10,12H,2-9H2,1H3,(H,13,14). The first-order valence-corrected chi connectivity index (χ1v) is 5.83. The van der Waals surface area contributed by atoms with Crippen molar-refractivity contribution in [1.29, 1.82) is 0 Å². The highest BCUT2D eigenvalue weighted by atomic mass is 16.1. The third-order valence-electron chi connectivity index (χ3n) is 2.72. The molecule has 1 aliphatic heterocycles. The molecule has 0 aromatic heterocycles. The topological polar surface area (TPSA) is 41.1 Å². The second-order valence-corrected chi connectivity index (χ2v) is 4.05. The van der Waals surface area contributed by atoms with E-state index >= 15 is 0 Å². The SMILES string of the molecule is CCCCCC(=O)NCC1CCCN1. The molecule has 0 saturated carbocycles. The summed E-state index contributed by atoms with van der Waals surface area (Å²) in [6, 6.07) is 0.519. The van der Waals surface area contributed by atoms with Crippen molar-refractivity contribution in [1.82, 2.24) is 10.6 Å². The van der Waals surface area contributed by atoms with Crippen molar-refractivity contribution in [2.75, 3.05) is 13.1 Å². The summed E-state index contributed by atoms with van der Waals surface area (Å²) in [5.74, 6) is 0.215. The molecule has 0 radical (unpaired) electrons. The maximum absolute atomic E-state index is 11.3. The second kappa shape index (κ2) is 6.82. The highest BCUT2D eigenvalue weighted by Crippen LogP contribution is 2.03. The maximum Gasteiger partial charge on any atom is 0.220 e. The third kappa shape index (κ3) is 4.61. The van der Waals surface area contributed by atoms with E-state index < -0.39 is 0 Å². The van der Waals surface area contributed by atoms with E-state index in [0.29, 0.717) is 12.5 Å². The Morgan fingerprint density at radius 2 is 2.36 bits per heavy atom. The first kappa shape index (κ1) is 11.5. The smallest absolute Gasteiger partial charge is 0.220 e. The Morgan fingerprint density at radius 3 is 3.00 bits per heavy atom. The normalized spacial score (nSPS) is 21.1. The average Bonchev–Trinajstić information content (AvgIpc) is 2.68. The van der Waals surface area contributed by atoms with Crippen LogP contribution in [0.1, 0.15) is 45.4 Å². The molecule has 1 amide bonds. The molecule has 0 spiro atoms. The largest absolute Gasteiger partial charge is 0.355 e. The molecule has 0 aromatic carbocycles. The molecule has 3 heteroatoms. The summed E-state index contributed by atoms with van der Waals surface area (Å²) < 4.78 is 0. The van der Waals surface area contributed by atoms with E-state index in [1.54, 1.807) is 0 Å². The van der Waals surface area contributed by atoms with Gasteiger partial charge in [-0.2, -0.15) is 0 Å². The number of unbranched alkanes of at least 4 members (excludes halogenated alkanes) is 2. The van der Waals surface area contributed by atoms with Crippen molar-refractivity contribution >= 4 is 5.91 Å². The van der Waals surface area contributed by atoms with Crippen LogP contribution in [0.4, 0.5) is 0 Å². The minimum Gasteiger partial charge on any atom is -0.355 e. The molecule has 0 aromatic rings. The first-order chi connectivity index (χ1) is 6.83. The van der Waals surface area contributed by atoms with Gasteiger partial charge in [0.2, 0.25) is 5.91 Å². The van der Waals surface area contributed by atoms with Crippen LogP contribution in [0.25, 0.3) is 0 Å². The van der Waals surface area contributed by atoms with Crippen LogP contribution in [-0.4, -0.2) is 25.0 Å². The van der Waals surface area contributed by atoms with Gasteiger partial charge >= 0.3 is 0 Å². The summed E-state index contributed by atoms with van der Waals surface area (Å²) in [7, 11) is 0. The van der Waals surface area contributed by atoms with Gasteiger partial charge in [0.05, 0.1) is 0 Å². The summed E-state index contributed by atoms with van der Waals surface area (Å²) in [6.07, 6.45) is 6.51. The number of nitrogens with one attached hydrogen (secondary N) is 2. The highest BCUT2D eigenvalue weighted by Gasteiger charge is 2.14. The van der Waals surface area contributed by atoms with Gasteiger partial charge < -0.3 is 10.6 Å². The summed E-state index contributed by atoms with van der Waals surface area (Å²) in [5, 5.41) is 6.35. The van der Waals surface area contributed by atoms with Gasteiger partial charge in [-0.05, 0) is 25.8 Å². The zero-order valence-corrected chi connectivity index (χ0v) is 9.14. The van der Waals surface area contributed by atoms with E-state index in [9.17, 15) is 4.79 Å². The number of amides is 1. The van der Waals surface area contributed by atoms with Gasteiger partial charge in [-0.15, -0.1) is 0 Å². The van der Waals surface area contributed by atoms with Gasteiger partial charge in [0.1, 0.15) is 0 Å². The third-order valence-corrected chi connectivity index (χ3v) is 2.72. The summed E-state index contributed by atoms with van der Waals surface area (Å²) >= 11 is 0. The minimum absolute atomic E-state index is 0.215. The fraction of sp³-hybridized carbons (Fsp3) is 0.909. The molecular weight excluding hydrogens is 176 g/mol. The van der Waals surface area contributed by atoms with E-state index in [1.165, 1.54) is 19.3 Å². The molecule has 1 unspecified atom stereocenters. The fourth-order valence-electron chi connectivity index (χ4n) is 1.79. The number of hydrogen-bond acceptors (Lipinski definition) is 2. The number of carbonyl (C=O) groups is 1. The van der Waals surface area contributed by atoms with Crippen molar-refractivity contribution in [3.63, 3.8) is 0 Å². The van der Waals surface area contributed by atoms with Gasteiger partial charge in [-0.3, -0.25) is 4.79 Å². The number of rotatable bonds is 6. The summed E-state index contributed by atoms with van der Waals surface area (Å²) in [5.41, 5.74) is 0. The fourth-order valence-corrected chi connectivity index (χ4v) is 1.79. The second-order valence-electron chi connectivity index (χ2n) is 4.05. The van der Waals surface area contributed by atoms with Crippen LogP contribution < -0.4 is 10.6 Å². The summed E-state index contributed by atoms with van der Waals surface area (Å²) in [6.45, 7) is 4.07. The predicted molar refractivity (Wildman–Crippen MR) is 58.2 cm³/mol. The van der Waals surface area contributed by atoms with E-state index in [2.05, 4.69) is 17.6 Å². The van der Waals surface area contributed by atoms with Crippen molar-refractivity contribution in [3.05, 3.63) is 0 Å². The lowest BCUT2D eigenvalue weighted by Crippen LogP contribution is -2.37. The Kier molecular flexibility index (Phi) is 5.60. The number of hydrogen-bond donors (Lipinski definition) is 2. The average molecular weight is 198 g/mol. The monoisotopic (exact) mass is 198 g/mol. The van der Waals surface area contributed by atoms with Gasteiger partial charge in [0.25, 0.3) is 0 Å². The van der Waals surface area contributed by atoms with Gasteiger partial charge in [0, 0.05) is 19.0 Å². The highest BCUT2D eigenvalue weighted by molar-refractivity contribution is 5.75. The number of carbonyl (C=O) groups excluding carboxylic acids is 1. The van der Waals surface area contributed by atoms with E-state index in [4.69, 9.17) is 0 Å². The van der Waals surface area contributed by atoms with Crippen molar-refractivity contribution in [2.45, 2.75) is 51.5 Å². The van der Waals surface area contributed by atoms with Gasteiger partial charge in [-0.1, -0.05) is 19.8 Å². The lowest BCUT2D eigenvalue weighted by Gasteiger charge is -2.11. The molecule has 82 valence electrons. The van der Waals surface area contributed by atoms with Crippen LogP contribution in [0.5, 0.6) is 0 Å².